The zero-order chi connectivity index (χ0) is 18.0. The van der Waals surface area contributed by atoms with Crippen LogP contribution in [-0.4, -0.2) is 35.8 Å². The second-order valence-corrected chi connectivity index (χ2v) is 6.58. The Morgan fingerprint density at radius 3 is 2.76 bits per heavy atom. The van der Waals surface area contributed by atoms with Crippen molar-refractivity contribution in [3.63, 3.8) is 0 Å². The van der Waals surface area contributed by atoms with Gasteiger partial charge in [-0.3, -0.25) is 9.69 Å². The number of hydrogen-bond acceptors (Lipinski definition) is 2. The number of carbonyl (C=O) groups excluding carboxylic acids is 1. The lowest BCUT2D eigenvalue weighted by atomic mass is 9.93. The molecule has 0 fully saturated rings. The molecular formula is C20H22F2N2O. The van der Waals surface area contributed by atoms with Gasteiger partial charge in [0.1, 0.15) is 11.6 Å². The number of benzene rings is 2. The molecular weight excluding hydrogens is 322 g/mol. The molecule has 0 bridgehead atoms. The predicted molar refractivity (Wildman–Crippen MR) is 93.0 cm³/mol. The van der Waals surface area contributed by atoms with Gasteiger partial charge < -0.3 is 4.90 Å². The van der Waals surface area contributed by atoms with Crippen LogP contribution in [0.25, 0.3) is 0 Å². The van der Waals surface area contributed by atoms with Crippen molar-refractivity contribution in [1.82, 2.24) is 9.80 Å². The van der Waals surface area contributed by atoms with E-state index in [0.29, 0.717) is 5.56 Å². The first-order valence-corrected chi connectivity index (χ1v) is 8.45. The van der Waals surface area contributed by atoms with Gasteiger partial charge in [-0.1, -0.05) is 24.3 Å². The van der Waals surface area contributed by atoms with Gasteiger partial charge >= 0.3 is 0 Å². The largest absolute Gasteiger partial charge is 0.340 e. The van der Waals surface area contributed by atoms with E-state index < -0.39 is 0 Å². The van der Waals surface area contributed by atoms with Gasteiger partial charge in [0.05, 0.1) is 6.54 Å². The molecule has 0 saturated heterocycles. The number of halogens is 2. The lowest BCUT2D eigenvalue weighted by Gasteiger charge is -2.35. The van der Waals surface area contributed by atoms with Crippen molar-refractivity contribution in [2.45, 2.75) is 25.9 Å². The van der Waals surface area contributed by atoms with Gasteiger partial charge in [0.25, 0.3) is 0 Å². The van der Waals surface area contributed by atoms with Crippen molar-refractivity contribution < 1.29 is 13.6 Å². The van der Waals surface area contributed by atoms with E-state index >= 15 is 0 Å². The van der Waals surface area contributed by atoms with Crippen LogP contribution in [0.1, 0.15) is 29.7 Å². The van der Waals surface area contributed by atoms with Crippen molar-refractivity contribution in [1.29, 1.82) is 0 Å². The second-order valence-electron chi connectivity index (χ2n) is 6.58. The van der Waals surface area contributed by atoms with Crippen LogP contribution >= 0.6 is 0 Å². The van der Waals surface area contributed by atoms with Crippen molar-refractivity contribution in [3.8, 4) is 0 Å². The first-order chi connectivity index (χ1) is 12.0. The molecule has 5 heteroatoms. The molecule has 0 N–H and O–H groups in total. The predicted octanol–water partition coefficient (Wildman–Crippen LogP) is 3.54. The standard InChI is InChI=1S/C20H22F2N2O/c1-14-18-11-17(21)8-7-15(18)9-10-24(14)13-20(25)23(2)12-16-5-3-4-6-19(16)22/h3-8,11,14H,9-10,12-13H2,1-2H3. The normalized spacial score (nSPS) is 17.2. The number of amides is 1. The summed E-state index contributed by atoms with van der Waals surface area (Å²) in [6.07, 6.45) is 0.796. The number of carbonyl (C=O) groups is 1. The molecule has 0 aliphatic carbocycles. The van der Waals surface area contributed by atoms with Crippen LogP contribution in [0.15, 0.2) is 42.5 Å². The highest BCUT2D eigenvalue weighted by atomic mass is 19.1. The van der Waals surface area contributed by atoms with E-state index in [4.69, 9.17) is 0 Å². The molecule has 2 aromatic carbocycles. The van der Waals surface area contributed by atoms with Gasteiger partial charge in [0, 0.05) is 31.7 Å². The van der Waals surface area contributed by atoms with Crippen LogP contribution in [0, 0.1) is 11.6 Å². The minimum Gasteiger partial charge on any atom is -0.340 e. The molecule has 0 saturated carbocycles. The highest BCUT2D eigenvalue weighted by Gasteiger charge is 2.26. The highest BCUT2D eigenvalue weighted by molar-refractivity contribution is 5.78. The smallest absolute Gasteiger partial charge is 0.236 e. The third-order valence-corrected chi connectivity index (χ3v) is 4.90. The Bertz CT molecular complexity index is 778. The maximum atomic E-state index is 13.8. The van der Waals surface area contributed by atoms with Crippen molar-refractivity contribution in [3.05, 3.63) is 70.8 Å². The van der Waals surface area contributed by atoms with E-state index in [2.05, 4.69) is 0 Å². The molecule has 2 aromatic rings. The van der Waals surface area contributed by atoms with E-state index in [0.717, 1.165) is 24.1 Å². The zero-order valence-corrected chi connectivity index (χ0v) is 14.5. The van der Waals surface area contributed by atoms with E-state index in [9.17, 15) is 13.6 Å². The molecule has 0 spiro atoms. The Morgan fingerprint density at radius 2 is 2.00 bits per heavy atom. The summed E-state index contributed by atoms with van der Waals surface area (Å²) in [6, 6.07) is 11.3. The fourth-order valence-electron chi connectivity index (χ4n) is 3.32. The molecule has 1 unspecified atom stereocenters. The van der Waals surface area contributed by atoms with Gasteiger partial charge in [-0.15, -0.1) is 0 Å². The molecule has 0 aromatic heterocycles. The number of likely N-dealkylation sites (N-methyl/N-ethyl adjacent to an activating group) is 1. The summed E-state index contributed by atoms with van der Waals surface area (Å²) in [5.41, 5.74) is 2.57. The van der Waals surface area contributed by atoms with Crippen LogP contribution in [0.5, 0.6) is 0 Å². The Kier molecular flexibility index (Phi) is 5.13. The molecule has 1 aliphatic rings. The third kappa shape index (κ3) is 3.87. The summed E-state index contributed by atoms with van der Waals surface area (Å²) in [5, 5.41) is 0. The van der Waals surface area contributed by atoms with E-state index in [1.165, 1.54) is 17.0 Å². The van der Waals surface area contributed by atoms with Crippen molar-refractivity contribution in [2.75, 3.05) is 20.1 Å². The van der Waals surface area contributed by atoms with Crippen LogP contribution in [0.4, 0.5) is 8.78 Å². The molecule has 3 rings (SSSR count). The monoisotopic (exact) mass is 344 g/mol. The molecule has 132 valence electrons. The second kappa shape index (κ2) is 7.31. The lowest BCUT2D eigenvalue weighted by molar-refractivity contribution is -0.132. The summed E-state index contributed by atoms with van der Waals surface area (Å²) >= 11 is 0. The minimum absolute atomic E-state index is 0.0229. The van der Waals surface area contributed by atoms with Crippen LogP contribution in [0.3, 0.4) is 0 Å². The molecule has 1 aliphatic heterocycles. The Hall–Kier alpha value is -2.27. The van der Waals surface area contributed by atoms with Gasteiger partial charge in [0.15, 0.2) is 0 Å². The topological polar surface area (TPSA) is 23.6 Å². The molecule has 1 atom stereocenters. The summed E-state index contributed by atoms with van der Waals surface area (Å²) in [4.78, 5) is 16.1. The number of rotatable bonds is 4. The molecule has 1 amide bonds. The molecule has 0 radical (unpaired) electrons. The van der Waals surface area contributed by atoms with Gasteiger partial charge in [-0.25, -0.2) is 8.78 Å². The Balaban J connectivity index is 1.66. The lowest BCUT2D eigenvalue weighted by Crippen LogP contribution is -2.42. The van der Waals surface area contributed by atoms with Crippen molar-refractivity contribution in [2.24, 2.45) is 0 Å². The average molecular weight is 344 g/mol. The van der Waals surface area contributed by atoms with E-state index in [-0.39, 0.29) is 36.7 Å². The van der Waals surface area contributed by atoms with E-state index in [1.807, 2.05) is 17.9 Å². The summed E-state index contributed by atoms with van der Waals surface area (Å²) in [5.74, 6) is -0.636. The average Bonchev–Trinajstić information content (AvgIpc) is 2.59. The minimum atomic E-state index is -0.308. The quantitative estimate of drug-likeness (QED) is 0.847. The van der Waals surface area contributed by atoms with Gasteiger partial charge in [-0.2, -0.15) is 0 Å². The summed E-state index contributed by atoms with van der Waals surface area (Å²) in [7, 11) is 1.68. The van der Waals surface area contributed by atoms with Crippen LogP contribution in [-0.2, 0) is 17.8 Å². The number of hydrogen-bond donors (Lipinski definition) is 0. The zero-order valence-electron chi connectivity index (χ0n) is 14.5. The first-order valence-electron chi connectivity index (χ1n) is 8.45. The van der Waals surface area contributed by atoms with Crippen LogP contribution < -0.4 is 0 Å². The number of fused-ring (bicyclic) bond motifs is 1. The fraction of sp³-hybridized carbons (Fsp3) is 0.350. The highest BCUT2D eigenvalue weighted by Crippen LogP contribution is 2.29. The fourth-order valence-corrected chi connectivity index (χ4v) is 3.32. The third-order valence-electron chi connectivity index (χ3n) is 4.90. The van der Waals surface area contributed by atoms with Crippen LogP contribution in [0.2, 0.25) is 0 Å². The van der Waals surface area contributed by atoms with Crippen molar-refractivity contribution >= 4 is 5.91 Å². The van der Waals surface area contributed by atoms with Gasteiger partial charge in [0.2, 0.25) is 5.91 Å². The number of nitrogens with zero attached hydrogens (tertiary/aromatic N) is 2. The Labute approximate surface area is 146 Å². The SMILES string of the molecule is CC1c2cc(F)ccc2CCN1CC(=O)N(C)Cc1ccccc1F. The maximum Gasteiger partial charge on any atom is 0.236 e. The van der Waals surface area contributed by atoms with E-state index in [1.54, 1.807) is 31.3 Å². The molecule has 25 heavy (non-hydrogen) atoms. The first kappa shape index (κ1) is 17.5. The summed E-state index contributed by atoms with van der Waals surface area (Å²) < 4.78 is 27.3. The van der Waals surface area contributed by atoms with Gasteiger partial charge in [-0.05, 0) is 42.7 Å². The molecule has 1 heterocycles. The Morgan fingerprint density at radius 1 is 1.24 bits per heavy atom. The molecule has 3 nitrogen and oxygen atoms in total. The summed E-state index contributed by atoms with van der Waals surface area (Å²) in [6.45, 7) is 3.21. The maximum absolute atomic E-state index is 13.8.